The summed E-state index contributed by atoms with van der Waals surface area (Å²) < 4.78 is 27.2. The number of halogens is 3. The summed E-state index contributed by atoms with van der Waals surface area (Å²) in [6, 6.07) is 10.2. The molecule has 0 heterocycles. The molecule has 0 bridgehead atoms. The van der Waals surface area contributed by atoms with Crippen LogP contribution in [0, 0.1) is 11.6 Å². The van der Waals surface area contributed by atoms with Crippen LogP contribution in [0.1, 0.15) is 19.4 Å². The minimum atomic E-state index is -0.986. The Balaban J connectivity index is 2.31. The first-order valence-corrected chi connectivity index (χ1v) is 6.71. The number of anilines is 1. The Kier molecular flexibility index (Phi) is 4.28. The third-order valence-electron chi connectivity index (χ3n) is 3.32. The lowest BCUT2D eigenvalue weighted by Crippen LogP contribution is -2.35. The van der Waals surface area contributed by atoms with Crippen molar-refractivity contribution in [2.45, 2.75) is 19.3 Å². The van der Waals surface area contributed by atoms with Gasteiger partial charge >= 0.3 is 0 Å². The molecule has 0 aliphatic carbocycles. The fourth-order valence-electron chi connectivity index (χ4n) is 1.90. The molecular weight excluding hydrogens is 296 g/mol. The number of hydrogen-bond acceptors (Lipinski definition) is 1. The van der Waals surface area contributed by atoms with Crippen LogP contribution in [0.15, 0.2) is 42.5 Å². The second-order valence-electron chi connectivity index (χ2n) is 5.19. The molecule has 0 unspecified atom stereocenters. The molecule has 0 saturated carbocycles. The Morgan fingerprint density at radius 3 is 2.24 bits per heavy atom. The topological polar surface area (TPSA) is 29.1 Å². The molecule has 0 aliphatic rings. The average Bonchev–Trinajstić information content (AvgIpc) is 2.42. The molecule has 2 nitrogen and oxygen atoms in total. The molecule has 21 heavy (non-hydrogen) atoms. The maximum atomic E-state index is 13.6. The summed E-state index contributed by atoms with van der Waals surface area (Å²) in [5.74, 6) is -2.15. The molecular formula is C16H14ClF2NO. The number of benzene rings is 2. The molecule has 2 rings (SSSR count). The third-order valence-corrected chi connectivity index (χ3v) is 3.55. The van der Waals surface area contributed by atoms with Crippen LogP contribution in [-0.2, 0) is 10.2 Å². The molecule has 110 valence electrons. The highest BCUT2D eigenvalue weighted by Crippen LogP contribution is 2.28. The van der Waals surface area contributed by atoms with Gasteiger partial charge in [-0.05, 0) is 43.7 Å². The van der Waals surface area contributed by atoms with Crippen LogP contribution in [-0.4, -0.2) is 5.91 Å². The van der Waals surface area contributed by atoms with Crippen molar-refractivity contribution in [3.8, 4) is 0 Å². The van der Waals surface area contributed by atoms with E-state index in [4.69, 9.17) is 11.6 Å². The van der Waals surface area contributed by atoms with Gasteiger partial charge in [-0.2, -0.15) is 0 Å². The highest BCUT2D eigenvalue weighted by Gasteiger charge is 2.31. The number of nitrogens with one attached hydrogen (secondary N) is 1. The van der Waals surface area contributed by atoms with Gasteiger partial charge in [-0.15, -0.1) is 0 Å². The van der Waals surface area contributed by atoms with Gasteiger partial charge in [0.15, 0.2) is 0 Å². The van der Waals surface area contributed by atoms with Gasteiger partial charge in [-0.1, -0.05) is 29.8 Å². The molecule has 0 aromatic heterocycles. The fourth-order valence-corrected chi connectivity index (χ4v) is 2.09. The van der Waals surface area contributed by atoms with E-state index in [0.717, 1.165) is 12.1 Å². The molecule has 2 aromatic rings. The van der Waals surface area contributed by atoms with Crippen LogP contribution in [0.25, 0.3) is 0 Å². The van der Waals surface area contributed by atoms with Gasteiger partial charge in [0.2, 0.25) is 5.91 Å². The summed E-state index contributed by atoms with van der Waals surface area (Å²) in [6.07, 6.45) is 0. The van der Waals surface area contributed by atoms with Crippen LogP contribution >= 0.6 is 11.6 Å². The molecule has 5 heteroatoms. The van der Waals surface area contributed by atoms with E-state index in [0.29, 0.717) is 10.6 Å². The SMILES string of the molecule is CC(C)(C(=O)Nc1c(F)cccc1F)c1cccc(Cl)c1. The zero-order chi connectivity index (χ0) is 15.6. The number of carbonyl (C=O) groups is 1. The molecule has 0 aliphatic heterocycles. The molecule has 1 amide bonds. The number of carbonyl (C=O) groups excluding carboxylic acids is 1. The maximum Gasteiger partial charge on any atom is 0.234 e. The average molecular weight is 310 g/mol. The second-order valence-corrected chi connectivity index (χ2v) is 5.62. The van der Waals surface area contributed by atoms with Crippen LogP contribution in [0.4, 0.5) is 14.5 Å². The summed E-state index contributed by atoms with van der Waals surface area (Å²) in [5.41, 5.74) is -0.776. The first-order chi connectivity index (χ1) is 9.82. The van der Waals surface area contributed by atoms with Gasteiger partial charge in [0.25, 0.3) is 0 Å². The van der Waals surface area contributed by atoms with E-state index >= 15 is 0 Å². The van der Waals surface area contributed by atoms with Gasteiger partial charge in [0, 0.05) is 5.02 Å². The Labute approximate surface area is 126 Å². The van der Waals surface area contributed by atoms with E-state index in [1.165, 1.54) is 6.07 Å². The molecule has 0 fully saturated rings. The highest BCUT2D eigenvalue weighted by atomic mass is 35.5. The lowest BCUT2D eigenvalue weighted by atomic mass is 9.83. The van der Waals surface area contributed by atoms with Crippen molar-refractivity contribution in [1.82, 2.24) is 0 Å². The highest BCUT2D eigenvalue weighted by molar-refractivity contribution is 6.30. The monoisotopic (exact) mass is 309 g/mol. The standard InChI is InChI=1S/C16H14ClF2NO/c1-16(2,10-5-3-6-11(17)9-10)15(21)20-14-12(18)7-4-8-13(14)19/h3-9H,1-2H3,(H,20,21). The van der Waals surface area contributed by atoms with E-state index in [2.05, 4.69) is 5.32 Å². The zero-order valence-corrected chi connectivity index (χ0v) is 12.3. The van der Waals surface area contributed by atoms with E-state index in [1.807, 2.05) is 0 Å². The minimum absolute atomic E-state index is 0.447. The van der Waals surface area contributed by atoms with Crippen molar-refractivity contribution in [2.75, 3.05) is 5.32 Å². The van der Waals surface area contributed by atoms with E-state index in [-0.39, 0.29) is 0 Å². The molecule has 0 spiro atoms. The molecule has 2 aromatic carbocycles. The van der Waals surface area contributed by atoms with Gasteiger partial charge in [-0.3, -0.25) is 4.79 Å². The Morgan fingerprint density at radius 2 is 1.67 bits per heavy atom. The van der Waals surface area contributed by atoms with Gasteiger partial charge in [-0.25, -0.2) is 8.78 Å². The summed E-state index contributed by atoms with van der Waals surface area (Å²) in [7, 11) is 0. The minimum Gasteiger partial charge on any atom is -0.320 e. The van der Waals surface area contributed by atoms with Crippen molar-refractivity contribution in [1.29, 1.82) is 0 Å². The number of rotatable bonds is 3. The molecule has 0 atom stereocenters. The first-order valence-electron chi connectivity index (χ1n) is 6.34. The smallest absolute Gasteiger partial charge is 0.234 e. The normalized spacial score (nSPS) is 11.3. The third kappa shape index (κ3) is 3.22. The molecule has 1 N–H and O–H groups in total. The summed E-state index contributed by atoms with van der Waals surface area (Å²) >= 11 is 5.91. The lowest BCUT2D eigenvalue weighted by molar-refractivity contribution is -0.120. The van der Waals surface area contributed by atoms with Crippen molar-refractivity contribution in [2.24, 2.45) is 0 Å². The van der Waals surface area contributed by atoms with Gasteiger partial charge in [0.1, 0.15) is 17.3 Å². The van der Waals surface area contributed by atoms with Crippen LogP contribution < -0.4 is 5.32 Å². The predicted octanol–water partition coefficient (Wildman–Crippen LogP) is 4.53. The summed E-state index contributed by atoms with van der Waals surface area (Å²) in [5, 5.41) is 2.80. The zero-order valence-electron chi connectivity index (χ0n) is 11.6. The maximum absolute atomic E-state index is 13.6. The van der Waals surface area contributed by atoms with Crippen LogP contribution in [0.2, 0.25) is 5.02 Å². The van der Waals surface area contributed by atoms with Crippen molar-refractivity contribution >= 4 is 23.2 Å². The molecule has 0 radical (unpaired) electrons. The summed E-state index contributed by atoms with van der Waals surface area (Å²) in [4.78, 5) is 12.4. The van der Waals surface area contributed by atoms with Crippen LogP contribution in [0.5, 0.6) is 0 Å². The van der Waals surface area contributed by atoms with E-state index in [1.54, 1.807) is 38.1 Å². The van der Waals surface area contributed by atoms with Gasteiger partial charge < -0.3 is 5.32 Å². The molecule has 0 saturated heterocycles. The van der Waals surface area contributed by atoms with E-state index < -0.39 is 28.6 Å². The fraction of sp³-hybridized carbons (Fsp3) is 0.188. The number of hydrogen-bond donors (Lipinski definition) is 1. The number of para-hydroxylation sites is 1. The van der Waals surface area contributed by atoms with Crippen LogP contribution in [0.3, 0.4) is 0 Å². The lowest BCUT2D eigenvalue weighted by Gasteiger charge is -2.24. The Morgan fingerprint density at radius 1 is 1.10 bits per heavy atom. The predicted molar refractivity (Wildman–Crippen MR) is 79.5 cm³/mol. The number of amides is 1. The van der Waals surface area contributed by atoms with Crippen molar-refractivity contribution < 1.29 is 13.6 Å². The quantitative estimate of drug-likeness (QED) is 0.886. The van der Waals surface area contributed by atoms with Crippen molar-refractivity contribution in [3.05, 3.63) is 64.7 Å². The van der Waals surface area contributed by atoms with E-state index in [9.17, 15) is 13.6 Å². The summed E-state index contributed by atoms with van der Waals surface area (Å²) in [6.45, 7) is 3.32. The largest absolute Gasteiger partial charge is 0.320 e. The Bertz CT molecular complexity index is 665. The Hall–Kier alpha value is -1.94. The second kappa shape index (κ2) is 5.82. The first kappa shape index (κ1) is 15.4. The van der Waals surface area contributed by atoms with Crippen molar-refractivity contribution in [3.63, 3.8) is 0 Å². The van der Waals surface area contributed by atoms with Gasteiger partial charge in [0.05, 0.1) is 5.41 Å².